The second-order valence-electron chi connectivity index (χ2n) is 29.5. The van der Waals surface area contributed by atoms with Gasteiger partial charge in [0.1, 0.15) is 0 Å². The normalized spacial score (nSPS) is 12.5. The number of nitrogens with one attached hydrogen (secondary N) is 1. The summed E-state index contributed by atoms with van der Waals surface area (Å²) in [5.41, 5.74) is 0. The molecule has 0 aliphatic carbocycles. The fourth-order valence-electron chi connectivity index (χ4n) is 13.8. The molecule has 2 atom stereocenters. The fourth-order valence-corrected chi connectivity index (χ4v) is 13.8. The molecule has 0 aromatic rings. The molecule has 0 saturated carbocycles. The van der Waals surface area contributed by atoms with Crippen molar-refractivity contribution >= 4 is 11.9 Å². The van der Waals surface area contributed by atoms with Gasteiger partial charge in [-0.25, -0.2) is 0 Å². The van der Waals surface area contributed by atoms with E-state index in [1.807, 2.05) is 6.08 Å². The van der Waals surface area contributed by atoms with Crippen molar-refractivity contribution in [3.63, 3.8) is 0 Å². The molecule has 546 valence electrons. The molecule has 0 fully saturated rings. The van der Waals surface area contributed by atoms with Crippen LogP contribution in [-0.4, -0.2) is 47.4 Å². The van der Waals surface area contributed by atoms with Gasteiger partial charge in [0, 0.05) is 12.8 Å². The van der Waals surface area contributed by atoms with Crippen LogP contribution in [0.25, 0.3) is 0 Å². The van der Waals surface area contributed by atoms with Crippen molar-refractivity contribution in [3.8, 4) is 0 Å². The zero-order chi connectivity index (χ0) is 66.3. The van der Waals surface area contributed by atoms with Crippen LogP contribution in [0.3, 0.4) is 0 Å². The molecule has 0 aromatic heterocycles. The SMILES string of the molecule is CCCCCCCCCCCCCCCCCCCCCC/C=C/C(O)C(CO)NC(=O)CCCCCCCCCCCCCCCCCCC/C=C\CCCCCCCCCCCCCCCCOC(=O)CCCCCCCCCCCCCCCCCCCC. The minimum absolute atomic E-state index is 0.0256. The molecule has 92 heavy (non-hydrogen) atoms. The van der Waals surface area contributed by atoms with Gasteiger partial charge >= 0.3 is 5.97 Å². The minimum atomic E-state index is -0.843. The van der Waals surface area contributed by atoms with E-state index in [4.69, 9.17) is 4.74 Å². The lowest BCUT2D eigenvalue weighted by Gasteiger charge is -2.20. The minimum Gasteiger partial charge on any atom is -0.466 e. The Morgan fingerprint density at radius 1 is 0.293 bits per heavy atom. The highest BCUT2D eigenvalue weighted by atomic mass is 16.5. The van der Waals surface area contributed by atoms with Crippen LogP contribution in [0.15, 0.2) is 24.3 Å². The number of allylic oxidation sites excluding steroid dienone is 3. The Hall–Kier alpha value is -1.66. The van der Waals surface area contributed by atoms with Gasteiger partial charge in [-0.3, -0.25) is 9.59 Å². The lowest BCUT2D eigenvalue weighted by atomic mass is 10.0. The predicted molar refractivity (Wildman–Crippen MR) is 407 cm³/mol. The molecular formula is C86H167NO5. The molecule has 0 heterocycles. The van der Waals surface area contributed by atoms with Crippen molar-refractivity contribution in [1.82, 2.24) is 5.32 Å². The highest BCUT2D eigenvalue weighted by molar-refractivity contribution is 5.76. The van der Waals surface area contributed by atoms with Crippen LogP contribution >= 0.6 is 0 Å². The summed E-state index contributed by atoms with van der Waals surface area (Å²) in [6.45, 7) is 4.97. The first-order valence-electron chi connectivity index (χ1n) is 42.6. The van der Waals surface area contributed by atoms with Gasteiger partial charge in [0.05, 0.1) is 25.4 Å². The van der Waals surface area contributed by atoms with E-state index in [0.717, 1.165) is 38.5 Å². The number of amides is 1. The first-order chi connectivity index (χ1) is 45.5. The van der Waals surface area contributed by atoms with Gasteiger partial charge in [-0.2, -0.15) is 0 Å². The Balaban J connectivity index is 3.35. The molecule has 6 nitrogen and oxygen atoms in total. The number of ether oxygens (including phenoxy) is 1. The van der Waals surface area contributed by atoms with Gasteiger partial charge < -0.3 is 20.3 Å². The van der Waals surface area contributed by atoms with E-state index in [0.29, 0.717) is 19.4 Å². The summed E-state index contributed by atoms with van der Waals surface area (Å²) in [6.07, 6.45) is 106. The third-order valence-electron chi connectivity index (χ3n) is 20.2. The van der Waals surface area contributed by atoms with Gasteiger partial charge in [-0.1, -0.05) is 443 Å². The Morgan fingerprint density at radius 2 is 0.511 bits per heavy atom. The van der Waals surface area contributed by atoms with Gasteiger partial charge in [-0.15, -0.1) is 0 Å². The first kappa shape index (κ1) is 90.3. The molecular weight excluding hydrogens is 1130 g/mol. The highest BCUT2D eigenvalue weighted by Crippen LogP contribution is 2.21. The van der Waals surface area contributed by atoms with Gasteiger partial charge in [0.2, 0.25) is 5.91 Å². The Kier molecular flexibility index (Phi) is 80.3. The molecule has 0 spiro atoms. The van der Waals surface area contributed by atoms with Crippen LogP contribution in [0.5, 0.6) is 0 Å². The molecule has 0 saturated heterocycles. The van der Waals surface area contributed by atoms with E-state index in [1.165, 1.54) is 424 Å². The molecule has 1 amide bonds. The molecule has 0 bridgehead atoms. The molecule has 0 aliphatic rings. The Morgan fingerprint density at radius 3 is 0.772 bits per heavy atom. The van der Waals surface area contributed by atoms with Gasteiger partial charge in [-0.05, 0) is 57.8 Å². The number of aliphatic hydroxyl groups excluding tert-OH is 2. The Bertz CT molecular complexity index is 1450. The summed E-state index contributed by atoms with van der Waals surface area (Å²) in [5.74, 6) is -0.0334. The monoisotopic (exact) mass is 1290 g/mol. The predicted octanol–water partition coefficient (Wildman–Crippen LogP) is 28.4. The number of rotatable bonds is 81. The third kappa shape index (κ3) is 77.3. The highest BCUT2D eigenvalue weighted by Gasteiger charge is 2.18. The lowest BCUT2D eigenvalue weighted by Crippen LogP contribution is -2.45. The molecule has 2 unspecified atom stereocenters. The summed E-state index contributed by atoms with van der Waals surface area (Å²) in [6, 6.07) is -0.626. The standard InChI is InChI=1S/C86H167NO5/c1-3-5-7-9-11-13-15-17-19-21-23-24-40-43-46-50-54-58-62-66-70-74-78-84(89)83(82-88)87-85(90)79-75-71-67-63-59-55-51-47-44-41-38-36-34-32-30-28-26-25-27-29-31-33-35-37-39-42-45-49-53-57-61-65-69-73-77-81-92-86(91)80-76-72-68-64-60-56-52-48-22-20-18-16-14-12-10-8-6-4-2/h27,29,74,78,83-84,88-89H,3-26,28,30-73,75-77,79-82H2,1-2H3,(H,87,90)/b29-27-,78-74+. The van der Waals surface area contributed by atoms with E-state index >= 15 is 0 Å². The van der Waals surface area contributed by atoms with E-state index in [9.17, 15) is 19.8 Å². The van der Waals surface area contributed by atoms with Gasteiger partial charge in [0.15, 0.2) is 0 Å². The largest absolute Gasteiger partial charge is 0.466 e. The maximum Gasteiger partial charge on any atom is 0.305 e. The summed E-state index contributed by atoms with van der Waals surface area (Å²) in [5, 5.41) is 23.3. The average molecular weight is 1300 g/mol. The number of unbranched alkanes of at least 4 members (excludes halogenated alkanes) is 68. The maximum absolute atomic E-state index is 12.6. The van der Waals surface area contributed by atoms with E-state index < -0.39 is 12.1 Å². The van der Waals surface area contributed by atoms with E-state index in [1.54, 1.807) is 6.08 Å². The van der Waals surface area contributed by atoms with E-state index in [-0.39, 0.29) is 18.5 Å². The van der Waals surface area contributed by atoms with Crippen LogP contribution in [0.2, 0.25) is 0 Å². The molecule has 3 N–H and O–H groups in total. The molecule has 0 aromatic carbocycles. The molecule has 0 radical (unpaired) electrons. The smallest absolute Gasteiger partial charge is 0.305 e. The van der Waals surface area contributed by atoms with Crippen LogP contribution in [0, 0.1) is 0 Å². The second kappa shape index (κ2) is 81.8. The number of esters is 1. The summed E-state index contributed by atoms with van der Waals surface area (Å²) < 4.78 is 5.52. The zero-order valence-corrected chi connectivity index (χ0v) is 62.8. The van der Waals surface area contributed by atoms with Crippen LogP contribution < -0.4 is 5.32 Å². The number of carbonyl (C=O) groups is 2. The van der Waals surface area contributed by atoms with Crippen LogP contribution in [-0.2, 0) is 14.3 Å². The average Bonchev–Trinajstić information content (AvgIpc) is 3.77. The van der Waals surface area contributed by atoms with Crippen molar-refractivity contribution in [2.24, 2.45) is 0 Å². The van der Waals surface area contributed by atoms with Crippen molar-refractivity contribution in [1.29, 1.82) is 0 Å². The Labute approximate surface area is 577 Å². The van der Waals surface area contributed by atoms with Crippen molar-refractivity contribution in [3.05, 3.63) is 24.3 Å². The van der Waals surface area contributed by atoms with Crippen molar-refractivity contribution in [2.45, 2.75) is 501 Å². The van der Waals surface area contributed by atoms with E-state index in [2.05, 4.69) is 31.3 Å². The lowest BCUT2D eigenvalue weighted by molar-refractivity contribution is -0.143. The van der Waals surface area contributed by atoms with Crippen molar-refractivity contribution < 1.29 is 24.5 Å². The quantitative estimate of drug-likeness (QED) is 0.0320. The second-order valence-corrected chi connectivity index (χ2v) is 29.5. The third-order valence-corrected chi connectivity index (χ3v) is 20.2. The number of aliphatic hydroxyl groups is 2. The molecule has 0 rings (SSSR count). The summed E-state index contributed by atoms with van der Waals surface area (Å²) >= 11 is 0. The van der Waals surface area contributed by atoms with Crippen LogP contribution in [0.4, 0.5) is 0 Å². The van der Waals surface area contributed by atoms with Gasteiger partial charge in [0.25, 0.3) is 0 Å². The summed E-state index contributed by atoms with van der Waals surface area (Å²) in [4.78, 5) is 24.7. The zero-order valence-electron chi connectivity index (χ0n) is 62.8. The topological polar surface area (TPSA) is 95.9 Å². The van der Waals surface area contributed by atoms with Crippen LogP contribution in [0.1, 0.15) is 489 Å². The maximum atomic E-state index is 12.6. The molecule has 0 aliphatic heterocycles. The first-order valence-corrected chi connectivity index (χ1v) is 42.6. The number of hydrogen-bond donors (Lipinski definition) is 3. The fraction of sp³-hybridized carbons (Fsp3) is 0.930. The molecule has 6 heteroatoms. The number of hydrogen-bond acceptors (Lipinski definition) is 5. The number of carbonyl (C=O) groups excluding carboxylic acids is 2. The summed E-state index contributed by atoms with van der Waals surface area (Å²) in [7, 11) is 0. The van der Waals surface area contributed by atoms with Crippen molar-refractivity contribution in [2.75, 3.05) is 13.2 Å².